The molecule has 17 heavy (non-hydrogen) atoms. The Balaban J connectivity index is 2.08. The highest BCUT2D eigenvalue weighted by Gasteiger charge is 2.25. The predicted molar refractivity (Wildman–Crippen MR) is 65.8 cm³/mol. The number of rotatable bonds is 1. The number of nitrogens with two attached hydrogens (primary N) is 1. The van der Waals surface area contributed by atoms with Crippen LogP contribution < -0.4 is 15.8 Å². The molecule has 2 aliphatic rings. The summed E-state index contributed by atoms with van der Waals surface area (Å²) >= 11 is 0. The van der Waals surface area contributed by atoms with Crippen molar-refractivity contribution in [3.8, 4) is 0 Å². The Kier molecular flexibility index (Phi) is 2.17. The van der Waals surface area contributed by atoms with Gasteiger partial charge in [-0.3, -0.25) is 0 Å². The van der Waals surface area contributed by atoms with Crippen LogP contribution in [0.1, 0.15) is 12.0 Å². The highest BCUT2D eigenvalue weighted by Crippen LogP contribution is 2.31. The average molecular weight is 251 g/mol. The molecule has 5 nitrogen and oxygen atoms in total. The van der Waals surface area contributed by atoms with E-state index in [0.717, 1.165) is 24.2 Å². The fourth-order valence-corrected chi connectivity index (χ4v) is 2.80. The van der Waals surface area contributed by atoms with E-state index in [1.54, 1.807) is 12.1 Å². The molecule has 4 N–H and O–H groups in total. The van der Waals surface area contributed by atoms with Gasteiger partial charge in [-0.1, -0.05) is 6.07 Å². The zero-order valence-electron chi connectivity index (χ0n) is 9.10. The lowest BCUT2D eigenvalue weighted by Crippen LogP contribution is -2.24. The molecule has 0 amide bonds. The van der Waals surface area contributed by atoms with Crippen molar-refractivity contribution in [2.24, 2.45) is 5.14 Å². The topological polar surface area (TPSA) is 84.2 Å². The zero-order valence-corrected chi connectivity index (χ0v) is 9.92. The molecule has 0 saturated carbocycles. The van der Waals surface area contributed by atoms with Crippen LogP contribution in [0.3, 0.4) is 0 Å². The maximum Gasteiger partial charge on any atom is 0.238 e. The number of benzene rings is 1. The summed E-state index contributed by atoms with van der Waals surface area (Å²) in [5, 5.41) is 11.7. The lowest BCUT2D eigenvalue weighted by atomic mass is 10.0. The smallest absolute Gasteiger partial charge is 0.238 e. The second kappa shape index (κ2) is 3.48. The van der Waals surface area contributed by atoms with Gasteiger partial charge in [0.15, 0.2) is 0 Å². The lowest BCUT2D eigenvalue weighted by Gasteiger charge is -2.22. The molecule has 2 aliphatic heterocycles. The summed E-state index contributed by atoms with van der Waals surface area (Å²) in [6.45, 7) is 0.944. The molecule has 1 fully saturated rings. The first-order valence-electron chi connectivity index (χ1n) is 5.43. The number of primary sulfonamides is 1. The van der Waals surface area contributed by atoms with Gasteiger partial charge < -0.3 is 10.6 Å². The van der Waals surface area contributed by atoms with Crippen molar-refractivity contribution in [3.05, 3.63) is 29.5 Å². The summed E-state index contributed by atoms with van der Waals surface area (Å²) in [4.78, 5) is 0.145. The number of hydrogen-bond donors (Lipinski definition) is 3. The van der Waals surface area contributed by atoms with Crippen LogP contribution in [0, 0.1) is 0 Å². The number of sulfonamides is 1. The molecule has 6 heteroatoms. The number of fused-ring (bicyclic) bond motifs is 2. The van der Waals surface area contributed by atoms with Gasteiger partial charge in [0.25, 0.3) is 0 Å². The van der Waals surface area contributed by atoms with Crippen molar-refractivity contribution >= 4 is 21.8 Å². The fraction of sp³-hybridized carbons (Fsp3) is 0.273. The first-order valence-corrected chi connectivity index (χ1v) is 6.97. The highest BCUT2D eigenvalue weighted by molar-refractivity contribution is 7.89. The molecular formula is C11H13N3O2S. The molecule has 0 bridgehead atoms. The van der Waals surface area contributed by atoms with Crippen molar-refractivity contribution < 1.29 is 8.42 Å². The summed E-state index contributed by atoms with van der Waals surface area (Å²) < 4.78 is 22.5. The van der Waals surface area contributed by atoms with E-state index in [0.29, 0.717) is 0 Å². The van der Waals surface area contributed by atoms with Crippen LogP contribution >= 0.6 is 0 Å². The molecule has 1 unspecified atom stereocenters. The van der Waals surface area contributed by atoms with E-state index in [4.69, 9.17) is 5.14 Å². The van der Waals surface area contributed by atoms with E-state index in [9.17, 15) is 8.42 Å². The Morgan fingerprint density at radius 3 is 2.94 bits per heavy atom. The maximum absolute atomic E-state index is 11.3. The summed E-state index contributed by atoms with van der Waals surface area (Å²) in [6.07, 6.45) is 3.06. The average Bonchev–Trinajstić information content (AvgIpc) is 2.70. The summed E-state index contributed by atoms with van der Waals surface area (Å²) in [5.41, 5.74) is 2.98. The summed E-state index contributed by atoms with van der Waals surface area (Å²) in [7, 11) is -3.63. The van der Waals surface area contributed by atoms with E-state index in [1.165, 1.54) is 11.8 Å². The highest BCUT2D eigenvalue weighted by atomic mass is 32.2. The lowest BCUT2D eigenvalue weighted by molar-refractivity contribution is 0.598. The largest absolute Gasteiger partial charge is 0.387 e. The monoisotopic (exact) mass is 251 g/mol. The van der Waals surface area contributed by atoms with Gasteiger partial charge in [-0.05, 0) is 30.2 Å². The van der Waals surface area contributed by atoms with Gasteiger partial charge in [-0.15, -0.1) is 0 Å². The molecule has 0 radical (unpaired) electrons. The minimum Gasteiger partial charge on any atom is -0.387 e. The van der Waals surface area contributed by atoms with Crippen LogP contribution in [0.5, 0.6) is 0 Å². The quantitative estimate of drug-likeness (QED) is 0.677. The van der Waals surface area contributed by atoms with Crippen LogP contribution in [-0.2, 0) is 10.0 Å². The van der Waals surface area contributed by atoms with Crippen LogP contribution in [0.4, 0.5) is 5.69 Å². The van der Waals surface area contributed by atoms with Gasteiger partial charge >= 0.3 is 0 Å². The van der Waals surface area contributed by atoms with E-state index in [2.05, 4.69) is 16.7 Å². The van der Waals surface area contributed by atoms with Crippen LogP contribution in [0.2, 0.25) is 0 Å². The van der Waals surface area contributed by atoms with E-state index >= 15 is 0 Å². The molecule has 0 aromatic heterocycles. The van der Waals surface area contributed by atoms with E-state index in [-0.39, 0.29) is 10.9 Å². The Hall–Kier alpha value is -1.53. The molecule has 0 aliphatic carbocycles. The number of hydrogen-bond acceptors (Lipinski definition) is 4. The fourth-order valence-electron chi connectivity index (χ4n) is 2.26. The normalized spacial score (nSPS) is 21.9. The summed E-state index contributed by atoms with van der Waals surface area (Å²) in [6, 6.07) is 5.15. The van der Waals surface area contributed by atoms with Gasteiger partial charge in [0.2, 0.25) is 10.0 Å². The standard InChI is InChI=1S/C11H13N3O2S/c12-17(15,16)8-2-1-7-5-11-9(3-4-13-11)14-10(7)6-8/h1-2,5-6,9,13-14H,3-4H2,(H2,12,15,16). The third-order valence-electron chi connectivity index (χ3n) is 3.13. The van der Waals surface area contributed by atoms with Crippen molar-refractivity contribution in [2.45, 2.75) is 17.4 Å². The number of anilines is 1. The Morgan fingerprint density at radius 2 is 2.18 bits per heavy atom. The predicted octanol–water partition coefficient (Wildman–Crippen LogP) is 0.462. The molecule has 0 spiro atoms. The molecule has 3 rings (SSSR count). The third kappa shape index (κ3) is 1.79. The van der Waals surface area contributed by atoms with Crippen molar-refractivity contribution in [2.75, 3.05) is 11.9 Å². The van der Waals surface area contributed by atoms with Crippen molar-refractivity contribution in [1.29, 1.82) is 0 Å². The molecule has 1 aromatic carbocycles. The Morgan fingerprint density at radius 1 is 1.35 bits per heavy atom. The molecule has 1 atom stereocenters. The second-order valence-electron chi connectivity index (χ2n) is 4.31. The van der Waals surface area contributed by atoms with E-state index < -0.39 is 10.0 Å². The molecule has 2 heterocycles. The van der Waals surface area contributed by atoms with Gasteiger partial charge in [0.05, 0.1) is 10.9 Å². The van der Waals surface area contributed by atoms with Gasteiger partial charge in [0.1, 0.15) is 0 Å². The molecule has 1 saturated heterocycles. The minimum atomic E-state index is -3.63. The van der Waals surface area contributed by atoms with Crippen LogP contribution in [0.15, 0.2) is 28.8 Å². The second-order valence-corrected chi connectivity index (χ2v) is 5.87. The summed E-state index contributed by atoms with van der Waals surface area (Å²) in [5.74, 6) is 0. The molecular weight excluding hydrogens is 238 g/mol. The zero-order chi connectivity index (χ0) is 12.0. The van der Waals surface area contributed by atoms with Crippen LogP contribution in [0.25, 0.3) is 6.08 Å². The Labute approximate surface area is 99.8 Å². The minimum absolute atomic E-state index is 0.145. The first-order chi connectivity index (χ1) is 8.04. The van der Waals surface area contributed by atoms with Gasteiger partial charge in [-0.2, -0.15) is 0 Å². The third-order valence-corrected chi connectivity index (χ3v) is 4.04. The van der Waals surface area contributed by atoms with Crippen molar-refractivity contribution in [1.82, 2.24) is 5.32 Å². The Bertz CT molecular complexity index is 607. The van der Waals surface area contributed by atoms with Crippen LogP contribution in [-0.4, -0.2) is 21.0 Å². The van der Waals surface area contributed by atoms with E-state index in [1.807, 2.05) is 0 Å². The SMILES string of the molecule is NS(=O)(=O)c1ccc2c(c1)NC1CCNC1=C2. The van der Waals surface area contributed by atoms with Gasteiger partial charge in [0, 0.05) is 17.9 Å². The first kappa shape index (κ1) is 10.6. The van der Waals surface area contributed by atoms with Crippen molar-refractivity contribution in [3.63, 3.8) is 0 Å². The molecule has 1 aromatic rings. The number of nitrogens with one attached hydrogen (secondary N) is 2. The maximum atomic E-state index is 11.3. The van der Waals surface area contributed by atoms with Gasteiger partial charge in [-0.25, -0.2) is 13.6 Å². The molecule has 90 valence electrons.